The number of nitrogens with one attached hydrogen (secondary N) is 1. The van der Waals surface area contributed by atoms with Crippen LogP contribution in [-0.4, -0.2) is 36.6 Å². The van der Waals surface area contributed by atoms with Gasteiger partial charge in [-0.25, -0.2) is 14.0 Å². The van der Waals surface area contributed by atoms with E-state index in [0.29, 0.717) is 11.3 Å². The monoisotopic (exact) mass is 447 g/mol. The minimum absolute atomic E-state index is 0.00554. The molecular weight excluding hydrogens is 417 g/mol. The van der Waals surface area contributed by atoms with Crippen molar-refractivity contribution in [2.75, 3.05) is 7.11 Å². The number of amides is 1. The van der Waals surface area contributed by atoms with Crippen molar-refractivity contribution in [3.05, 3.63) is 65.5 Å². The number of hydrogen-bond donors (Lipinski definition) is 1. The van der Waals surface area contributed by atoms with Crippen LogP contribution in [0.5, 0.6) is 5.75 Å². The molecule has 172 valence electrons. The first-order valence-electron chi connectivity index (χ1n) is 10.9. The molecule has 0 radical (unpaired) electrons. The van der Waals surface area contributed by atoms with Gasteiger partial charge < -0.3 is 19.5 Å². The van der Waals surface area contributed by atoms with E-state index in [2.05, 4.69) is 4.74 Å². The number of halogens is 1. The molecule has 0 bridgehead atoms. The van der Waals surface area contributed by atoms with Crippen LogP contribution in [0.2, 0.25) is 0 Å². The highest BCUT2D eigenvalue weighted by molar-refractivity contribution is 5.96. The quantitative estimate of drug-likeness (QED) is 0.452. The van der Waals surface area contributed by atoms with Crippen LogP contribution in [0.15, 0.2) is 48.5 Å². The Hall–Kier alpha value is -3.42. The smallest absolute Gasteiger partial charge is 0.408 e. The predicted octanol–water partition coefficient (Wildman–Crippen LogP) is 4.43. The fraction of sp³-hybridized carbons (Fsp3) is 0.375. The van der Waals surface area contributed by atoms with Crippen LogP contribution in [0, 0.1) is 5.82 Å². The molecule has 0 aromatic heterocycles. The van der Waals surface area contributed by atoms with Gasteiger partial charge in [0, 0.05) is 18.9 Å². The molecule has 0 heterocycles. The third-order valence-corrected chi connectivity index (χ3v) is 4.06. The average molecular weight is 447 g/mol. The topological polar surface area (TPSA) is 90.9 Å². The van der Waals surface area contributed by atoms with Crippen LogP contribution in [0.25, 0.3) is 0 Å². The number of carbonyl (C=O) groups is 3. The van der Waals surface area contributed by atoms with Crippen molar-refractivity contribution in [3.8, 4) is 5.75 Å². The molecule has 0 saturated heterocycles. The molecule has 1 unspecified atom stereocenters. The summed E-state index contributed by atoms with van der Waals surface area (Å²) in [5.41, 5.74) is -0.309. The normalized spacial score (nSPS) is 14.8. The lowest BCUT2D eigenvalue weighted by Crippen LogP contribution is -2.44. The third-order valence-electron chi connectivity index (χ3n) is 4.06. The van der Waals surface area contributed by atoms with Gasteiger partial charge in [0.1, 0.15) is 29.8 Å². The molecule has 2 rings (SSSR count). The van der Waals surface area contributed by atoms with Gasteiger partial charge in [0.05, 0.1) is 8.48 Å². The number of methoxy groups -OCH3 is 1. The second-order valence-electron chi connectivity index (χ2n) is 7.77. The molecule has 1 N–H and O–H groups in total. The van der Waals surface area contributed by atoms with E-state index >= 15 is 0 Å². The van der Waals surface area contributed by atoms with Gasteiger partial charge in [-0.1, -0.05) is 18.2 Å². The summed E-state index contributed by atoms with van der Waals surface area (Å²) in [6, 6.07) is 9.58. The minimum atomic E-state index is -2.56. The maximum absolute atomic E-state index is 13.7. The van der Waals surface area contributed by atoms with Crippen LogP contribution in [-0.2, 0) is 20.9 Å². The number of rotatable bonds is 9. The summed E-state index contributed by atoms with van der Waals surface area (Å²) in [7, 11) is 1.01. The third kappa shape index (κ3) is 8.02. The molecule has 32 heavy (non-hydrogen) atoms. The Labute approximate surface area is 189 Å². The maximum Gasteiger partial charge on any atom is 0.408 e. The summed E-state index contributed by atoms with van der Waals surface area (Å²) in [6.07, 6.45) is -3.32. The average Bonchev–Trinajstić information content (AvgIpc) is 2.76. The van der Waals surface area contributed by atoms with E-state index in [1.54, 1.807) is 39.0 Å². The Morgan fingerprint density at radius 2 is 1.78 bits per heavy atom. The van der Waals surface area contributed by atoms with E-state index in [9.17, 15) is 18.8 Å². The summed E-state index contributed by atoms with van der Waals surface area (Å²) in [5.74, 6) is -1.73. The van der Waals surface area contributed by atoms with Crippen LogP contribution in [0.3, 0.4) is 0 Å². The lowest BCUT2D eigenvalue weighted by Gasteiger charge is -2.22. The fourth-order valence-electron chi connectivity index (χ4n) is 2.54. The number of Topliss-reactive ketones (excluding diaryl/α,β-unsaturated/α-hetero) is 1. The molecular formula is C24H28FNO6. The number of benzene rings is 2. The van der Waals surface area contributed by atoms with Crippen LogP contribution >= 0.6 is 0 Å². The highest BCUT2D eigenvalue weighted by atomic mass is 19.1. The lowest BCUT2D eigenvalue weighted by atomic mass is 10.0. The maximum atomic E-state index is 13.7. The van der Waals surface area contributed by atoms with Crippen molar-refractivity contribution in [3.63, 3.8) is 0 Å². The summed E-state index contributed by atoms with van der Waals surface area (Å²) in [6.45, 7) is 4.80. The van der Waals surface area contributed by atoms with Crippen molar-refractivity contribution in [2.24, 2.45) is 0 Å². The zero-order chi connectivity index (χ0) is 25.5. The number of esters is 1. The Bertz CT molecular complexity index is 1020. The van der Waals surface area contributed by atoms with Gasteiger partial charge in [0.2, 0.25) is 0 Å². The van der Waals surface area contributed by atoms with Gasteiger partial charge in [-0.15, -0.1) is 0 Å². The molecule has 0 aliphatic carbocycles. The number of alkyl carbamates (subject to hydrolysis) is 1. The molecule has 2 aromatic rings. The molecule has 8 heteroatoms. The number of hydrogen-bond acceptors (Lipinski definition) is 6. The number of carbonyl (C=O) groups excluding carboxylic acids is 3. The molecule has 0 saturated carbocycles. The van der Waals surface area contributed by atoms with Gasteiger partial charge in [-0.2, -0.15) is 0 Å². The highest BCUT2D eigenvalue weighted by Gasteiger charge is 2.25. The van der Waals surface area contributed by atoms with E-state index in [4.69, 9.17) is 12.2 Å². The minimum Gasteiger partial charge on any atom is -0.489 e. The first kappa shape index (κ1) is 21.8. The Balaban J connectivity index is 2.05. The molecule has 2 atom stereocenters. The van der Waals surface area contributed by atoms with Crippen molar-refractivity contribution >= 4 is 17.8 Å². The fourth-order valence-corrected chi connectivity index (χ4v) is 2.54. The van der Waals surface area contributed by atoms with Crippen molar-refractivity contribution in [1.29, 1.82) is 0 Å². The first-order chi connectivity index (χ1) is 15.9. The molecule has 0 fully saturated rings. The first-order valence-corrected chi connectivity index (χ1v) is 9.87. The number of ketones is 1. The highest BCUT2D eigenvalue weighted by Crippen LogP contribution is 2.17. The Morgan fingerprint density at radius 1 is 1.12 bits per heavy atom. The molecule has 7 nitrogen and oxygen atoms in total. The van der Waals surface area contributed by atoms with Gasteiger partial charge in [-0.3, -0.25) is 4.79 Å². The SMILES string of the molecule is [2H]C(CC(=O)c1ccc(OCc2ccccc2F)cc1)[C@]([2H])(NC(=O)OC(C)(C)C)C(=O)OC. The molecule has 0 aliphatic heterocycles. The molecule has 2 aromatic carbocycles. The molecule has 0 aliphatic rings. The summed E-state index contributed by atoms with van der Waals surface area (Å²) < 4.78 is 45.4. The molecule has 0 spiro atoms. The number of ether oxygens (including phenoxy) is 3. The van der Waals surface area contributed by atoms with Gasteiger partial charge in [0.25, 0.3) is 0 Å². The zero-order valence-electron chi connectivity index (χ0n) is 20.4. The van der Waals surface area contributed by atoms with E-state index < -0.39 is 42.3 Å². The summed E-state index contributed by atoms with van der Waals surface area (Å²) >= 11 is 0. The summed E-state index contributed by atoms with van der Waals surface area (Å²) in [5, 5.41) is 2.04. The van der Waals surface area contributed by atoms with E-state index in [1.807, 2.05) is 5.32 Å². The van der Waals surface area contributed by atoms with Crippen LogP contribution in [0.4, 0.5) is 9.18 Å². The molecule has 1 amide bonds. The van der Waals surface area contributed by atoms with Gasteiger partial charge in [-0.05, 0) is 57.5 Å². The van der Waals surface area contributed by atoms with Gasteiger partial charge in [0.15, 0.2) is 5.78 Å². The standard InChI is InChI=1S/C24H28FNO6/c1-24(2,3)32-23(29)26-20(22(28)30-4)13-14-21(27)16-9-11-18(12-10-16)31-15-17-7-5-6-8-19(17)25/h5-12,20H,13-15H2,1-4H3,(H,26,29)/t20-/m0/s1/i13D,20D/t13?,20-. The van der Waals surface area contributed by atoms with Crippen LogP contribution < -0.4 is 10.1 Å². The zero-order valence-corrected chi connectivity index (χ0v) is 18.4. The lowest BCUT2D eigenvalue weighted by molar-refractivity contribution is -0.143. The Morgan fingerprint density at radius 3 is 2.38 bits per heavy atom. The second kappa shape index (κ2) is 11.3. The van der Waals surface area contributed by atoms with Gasteiger partial charge >= 0.3 is 12.1 Å². The van der Waals surface area contributed by atoms with Crippen molar-refractivity contribution < 1.29 is 35.7 Å². The predicted molar refractivity (Wildman–Crippen MR) is 116 cm³/mol. The summed E-state index contributed by atoms with van der Waals surface area (Å²) in [4.78, 5) is 37.0. The Kier molecular flexibility index (Phi) is 7.68. The largest absolute Gasteiger partial charge is 0.489 e. The van der Waals surface area contributed by atoms with Crippen molar-refractivity contribution in [2.45, 2.75) is 51.8 Å². The van der Waals surface area contributed by atoms with E-state index in [-0.39, 0.29) is 18.0 Å². The van der Waals surface area contributed by atoms with E-state index in [0.717, 1.165) is 7.11 Å². The van der Waals surface area contributed by atoms with Crippen LogP contribution in [0.1, 0.15) is 52.3 Å². The van der Waals surface area contributed by atoms with Crippen molar-refractivity contribution in [1.82, 2.24) is 5.32 Å². The second-order valence-corrected chi connectivity index (χ2v) is 7.77. The van der Waals surface area contributed by atoms with E-state index in [1.165, 1.54) is 30.3 Å².